The lowest BCUT2D eigenvalue weighted by Gasteiger charge is -2.10. The summed E-state index contributed by atoms with van der Waals surface area (Å²) in [6, 6.07) is 0. The number of carbonyl (C=O) groups excluding carboxylic acids is 1. The number of hydrogen-bond acceptors (Lipinski definition) is 3. The Morgan fingerprint density at radius 2 is 2.00 bits per heavy atom. The minimum Gasteiger partial charge on any atom is -0.275 e. The van der Waals surface area contributed by atoms with Crippen LogP contribution in [0.2, 0.25) is 6.32 Å². The molecule has 0 aromatic carbocycles. The third-order valence-corrected chi connectivity index (χ3v) is 2.36. The van der Waals surface area contributed by atoms with Crippen LogP contribution >= 0.6 is 0 Å². The van der Waals surface area contributed by atoms with E-state index in [1.807, 2.05) is 0 Å². The molecule has 0 bridgehead atoms. The Kier molecular flexibility index (Phi) is 3.54. The fraction of sp³-hybridized carbons (Fsp3) is 0.750. The van der Waals surface area contributed by atoms with E-state index in [0.29, 0.717) is 0 Å². The third-order valence-electron chi connectivity index (χ3n) is 0.909. The van der Waals surface area contributed by atoms with E-state index < -0.39 is 16.1 Å². The molecule has 1 amide bonds. The first kappa shape index (κ1) is 10.4. The van der Waals surface area contributed by atoms with Gasteiger partial charge in [0.05, 0.1) is 7.85 Å². The molecule has 0 saturated carbocycles. The monoisotopic (exact) mass is 176 g/mol. The Bertz CT molecular complexity index is 236. The van der Waals surface area contributed by atoms with Crippen LogP contribution < -0.4 is 4.72 Å². The van der Waals surface area contributed by atoms with E-state index in [4.69, 9.17) is 7.85 Å². The number of nitrogens with zero attached hydrogens (tertiary/aromatic N) is 1. The molecule has 0 aliphatic rings. The topological polar surface area (TPSA) is 66.5 Å². The fourth-order valence-electron chi connectivity index (χ4n) is 0.277. The Labute approximate surface area is 67.4 Å². The molecular formula is C4H9BN2O3S. The largest absolute Gasteiger partial charge is 0.303 e. The quantitative estimate of drug-likeness (QED) is 0.532. The molecule has 62 valence electrons. The number of nitrogens with one attached hydrogen (secondary N) is 1. The van der Waals surface area contributed by atoms with Crippen molar-refractivity contribution in [1.29, 1.82) is 0 Å². The molecule has 0 spiro atoms. The van der Waals surface area contributed by atoms with Crippen molar-refractivity contribution in [1.82, 2.24) is 9.03 Å². The molecular weight excluding hydrogens is 167 g/mol. The molecule has 0 heterocycles. The summed E-state index contributed by atoms with van der Waals surface area (Å²) >= 11 is 0. The van der Waals surface area contributed by atoms with Crippen molar-refractivity contribution in [3.63, 3.8) is 0 Å². The summed E-state index contributed by atoms with van der Waals surface area (Å²) in [4.78, 5) is 10.5. The average Bonchev–Trinajstić information content (AvgIpc) is 1.86. The minimum atomic E-state index is -3.66. The molecule has 0 saturated heterocycles. The molecule has 5 nitrogen and oxygen atoms in total. The summed E-state index contributed by atoms with van der Waals surface area (Å²) in [5, 5.41) is 0. The van der Waals surface area contributed by atoms with E-state index in [1.54, 1.807) is 4.72 Å². The fourth-order valence-corrected chi connectivity index (χ4v) is 0.830. The van der Waals surface area contributed by atoms with Crippen molar-refractivity contribution in [2.75, 3.05) is 14.1 Å². The van der Waals surface area contributed by atoms with Gasteiger partial charge in [0.15, 0.2) is 0 Å². The minimum absolute atomic E-state index is 0.340. The lowest BCUT2D eigenvalue weighted by Crippen LogP contribution is -2.39. The van der Waals surface area contributed by atoms with Crippen LogP contribution in [-0.2, 0) is 15.0 Å². The lowest BCUT2D eigenvalue weighted by atomic mass is 10.1. The zero-order valence-electron chi connectivity index (χ0n) is 6.36. The zero-order chi connectivity index (χ0) is 9.07. The summed E-state index contributed by atoms with van der Waals surface area (Å²) < 4.78 is 24.3. The lowest BCUT2D eigenvalue weighted by molar-refractivity contribution is -0.117. The van der Waals surface area contributed by atoms with Crippen LogP contribution in [-0.4, -0.2) is 40.6 Å². The maximum Gasteiger partial charge on any atom is 0.303 e. The number of carbonyl (C=O) groups is 1. The SMILES string of the molecule is [B]CC(=O)NS(=O)(=O)N(C)C. The molecule has 2 radical (unpaired) electrons. The highest BCUT2D eigenvalue weighted by atomic mass is 32.2. The Morgan fingerprint density at radius 3 is 2.27 bits per heavy atom. The molecule has 0 atom stereocenters. The molecule has 1 N–H and O–H groups in total. The summed E-state index contributed by atoms with van der Waals surface area (Å²) in [5.74, 6) is -0.723. The van der Waals surface area contributed by atoms with Gasteiger partial charge in [0, 0.05) is 14.1 Å². The molecule has 0 fully saturated rings. The van der Waals surface area contributed by atoms with Gasteiger partial charge >= 0.3 is 10.2 Å². The van der Waals surface area contributed by atoms with E-state index in [9.17, 15) is 13.2 Å². The van der Waals surface area contributed by atoms with Gasteiger partial charge in [-0.05, 0) is 6.32 Å². The van der Waals surface area contributed by atoms with Crippen LogP contribution in [0.25, 0.3) is 0 Å². The Morgan fingerprint density at radius 1 is 1.55 bits per heavy atom. The maximum atomic E-state index is 10.8. The number of amides is 1. The second-order valence-electron chi connectivity index (χ2n) is 2.02. The van der Waals surface area contributed by atoms with Crippen LogP contribution in [0.3, 0.4) is 0 Å². The third kappa shape index (κ3) is 3.38. The smallest absolute Gasteiger partial charge is 0.275 e. The van der Waals surface area contributed by atoms with Crippen molar-refractivity contribution < 1.29 is 13.2 Å². The van der Waals surface area contributed by atoms with Gasteiger partial charge in [0.2, 0.25) is 5.91 Å². The first-order chi connectivity index (χ1) is 4.90. The van der Waals surface area contributed by atoms with E-state index in [0.717, 1.165) is 4.31 Å². The van der Waals surface area contributed by atoms with E-state index in [1.165, 1.54) is 14.1 Å². The molecule has 11 heavy (non-hydrogen) atoms. The number of hydrogen-bond donors (Lipinski definition) is 1. The molecule has 0 rings (SSSR count). The molecule has 0 aromatic heterocycles. The predicted molar refractivity (Wildman–Crippen MR) is 41.3 cm³/mol. The van der Waals surface area contributed by atoms with Gasteiger partial charge < -0.3 is 0 Å². The van der Waals surface area contributed by atoms with Crippen molar-refractivity contribution in [3.8, 4) is 0 Å². The van der Waals surface area contributed by atoms with E-state index >= 15 is 0 Å². The van der Waals surface area contributed by atoms with Crippen LogP contribution in [0.4, 0.5) is 0 Å². The summed E-state index contributed by atoms with van der Waals surface area (Å²) in [7, 11) is 3.85. The van der Waals surface area contributed by atoms with Gasteiger partial charge in [-0.15, -0.1) is 0 Å². The molecule has 0 unspecified atom stereocenters. The van der Waals surface area contributed by atoms with Gasteiger partial charge in [0.25, 0.3) is 0 Å². The van der Waals surface area contributed by atoms with Crippen molar-refractivity contribution >= 4 is 24.0 Å². The zero-order valence-corrected chi connectivity index (χ0v) is 7.18. The van der Waals surface area contributed by atoms with Crippen LogP contribution in [0.1, 0.15) is 0 Å². The van der Waals surface area contributed by atoms with Crippen LogP contribution in [0.15, 0.2) is 0 Å². The normalized spacial score (nSPS) is 11.5. The van der Waals surface area contributed by atoms with Crippen molar-refractivity contribution in [3.05, 3.63) is 0 Å². The second-order valence-corrected chi connectivity index (χ2v) is 3.90. The highest BCUT2D eigenvalue weighted by Gasteiger charge is 2.14. The molecule has 0 aliphatic carbocycles. The molecule has 0 aromatic rings. The standard InChI is InChI=1S/C4H9BN2O3S/c1-7(2)11(9,10)6-4(8)3-5/h3H2,1-2H3,(H,6,8). The van der Waals surface area contributed by atoms with E-state index in [-0.39, 0.29) is 6.32 Å². The maximum absolute atomic E-state index is 10.8. The Balaban J connectivity index is 4.27. The van der Waals surface area contributed by atoms with Gasteiger partial charge in [0.1, 0.15) is 0 Å². The van der Waals surface area contributed by atoms with E-state index in [2.05, 4.69) is 0 Å². The number of rotatable bonds is 3. The predicted octanol–water partition coefficient (Wildman–Crippen LogP) is -1.50. The molecule has 0 aliphatic heterocycles. The van der Waals surface area contributed by atoms with Gasteiger partial charge in [-0.25, -0.2) is 4.72 Å². The highest BCUT2D eigenvalue weighted by Crippen LogP contribution is 1.88. The Hall–Kier alpha value is -0.555. The first-order valence-corrected chi connectivity index (χ1v) is 4.27. The van der Waals surface area contributed by atoms with Crippen LogP contribution in [0.5, 0.6) is 0 Å². The van der Waals surface area contributed by atoms with Gasteiger partial charge in [-0.2, -0.15) is 12.7 Å². The van der Waals surface area contributed by atoms with Crippen LogP contribution in [0, 0.1) is 0 Å². The van der Waals surface area contributed by atoms with Crippen molar-refractivity contribution in [2.45, 2.75) is 6.32 Å². The summed E-state index contributed by atoms with van der Waals surface area (Å²) in [6.07, 6.45) is -0.340. The summed E-state index contributed by atoms with van der Waals surface area (Å²) in [6.45, 7) is 0. The summed E-state index contributed by atoms with van der Waals surface area (Å²) in [5.41, 5.74) is 0. The van der Waals surface area contributed by atoms with Gasteiger partial charge in [-0.3, -0.25) is 4.79 Å². The van der Waals surface area contributed by atoms with Gasteiger partial charge in [-0.1, -0.05) is 0 Å². The second kappa shape index (κ2) is 3.73. The first-order valence-electron chi connectivity index (χ1n) is 2.83. The van der Waals surface area contributed by atoms with Crippen molar-refractivity contribution in [2.24, 2.45) is 0 Å². The molecule has 7 heteroatoms. The highest BCUT2D eigenvalue weighted by molar-refractivity contribution is 7.87. The average molecular weight is 176 g/mol.